The lowest BCUT2D eigenvalue weighted by atomic mass is 9.93. The first kappa shape index (κ1) is 20.5. The maximum absolute atomic E-state index is 13.5. The molecule has 4 heterocycles. The highest BCUT2D eigenvalue weighted by Crippen LogP contribution is 2.37. The Bertz CT molecular complexity index is 960. The summed E-state index contributed by atoms with van der Waals surface area (Å²) < 4.78 is 0. The summed E-state index contributed by atoms with van der Waals surface area (Å²) in [4.78, 5) is 54.2. The molecule has 0 aromatic carbocycles. The van der Waals surface area contributed by atoms with E-state index >= 15 is 0 Å². The quantitative estimate of drug-likeness (QED) is 0.647. The highest BCUT2D eigenvalue weighted by atomic mass is 35.5. The second-order valence-corrected chi connectivity index (χ2v) is 7.89. The van der Waals surface area contributed by atoms with E-state index in [-0.39, 0.29) is 11.6 Å². The Hall–Kier alpha value is -2.81. The normalized spacial score (nSPS) is 23.8. The fraction of sp³-hybridized carbons (Fsp3) is 0.500. The van der Waals surface area contributed by atoms with Crippen LogP contribution < -0.4 is 0 Å². The molecule has 10 heteroatoms. The fourth-order valence-electron chi connectivity index (χ4n) is 4.17. The van der Waals surface area contributed by atoms with Crippen molar-refractivity contribution in [2.45, 2.75) is 51.6 Å². The molecule has 9 nitrogen and oxygen atoms in total. The number of imide groups is 1. The fourth-order valence-corrected chi connectivity index (χ4v) is 4.28. The van der Waals surface area contributed by atoms with Crippen molar-refractivity contribution in [3.63, 3.8) is 0 Å². The molecule has 1 aromatic heterocycles. The van der Waals surface area contributed by atoms with Crippen LogP contribution in [0.4, 0.5) is 4.79 Å². The molecule has 2 saturated heterocycles. The Morgan fingerprint density at radius 3 is 2.57 bits per heavy atom. The van der Waals surface area contributed by atoms with E-state index in [1.807, 2.05) is 13.8 Å². The lowest BCUT2D eigenvalue weighted by molar-refractivity contribution is -0.152. The Balaban J connectivity index is 1.84. The molecular formula is C20H23ClN6O3. The molecule has 2 fully saturated rings. The lowest BCUT2D eigenvalue weighted by Gasteiger charge is -2.47. The van der Waals surface area contributed by atoms with Gasteiger partial charge in [-0.3, -0.25) is 14.5 Å². The molecule has 1 unspecified atom stereocenters. The number of urea groups is 1. The molecule has 3 aliphatic rings. The summed E-state index contributed by atoms with van der Waals surface area (Å²) in [6.07, 6.45) is 4.28. The van der Waals surface area contributed by atoms with Crippen LogP contribution in [-0.4, -0.2) is 68.0 Å². The number of hydrazine groups is 1. The van der Waals surface area contributed by atoms with E-state index in [1.165, 1.54) is 5.01 Å². The van der Waals surface area contributed by atoms with Crippen molar-refractivity contribution in [3.05, 3.63) is 29.0 Å². The first-order valence-corrected chi connectivity index (χ1v) is 10.6. The SMILES string of the molecule is CCCN1C(=O)N(N2CCCC2=O)C(=O)C2=NC(c3ccc(Cl)nc3)=NC21CCC. The van der Waals surface area contributed by atoms with Crippen LogP contribution in [0.2, 0.25) is 5.15 Å². The summed E-state index contributed by atoms with van der Waals surface area (Å²) in [6.45, 7) is 4.64. The molecule has 0 spiro atoms. The largest absolute Gasteiger partial charge is 0.348 e. The van der Waals surface area contributed by atoms with Gasteiger partial charge in [0.25, 0.3) is 5.91 Å². The van der Waals surface area contributed by atoms with Gasteiger partial charge in [-0.15, -0.1) is 0 Å². The van der Waals surface area contributed by atoms with Crippen LogP contribution in [0.3, 0.4) is 0 Å². The summed E-state index contributed by atoms with van der Waals surface area (Å²) in [7, 11) is 0. The summed E-state index contributed by atoms with van der Waals surface area (Å²) in [5, 5.41) is 2.53. The summed E-state index contributed by atoms with van der Waals surface area (Å²) in [5.41, 5.74) is -0.396. The summed E-state index contributed by atoms with van der Waals surface area (Å²) in [6, 6.07) is 2.83. The number of amidine groups is 1. The van der Waals surface area contributed by atoms with E-state index in [0.29, 0.717) is 61.7 Å². The second-order valence-electron chi connectivity index (χ2n) is 7.50. The number of rotatable bonds is 6. The van der Waals surface area contributed by atoms with Gasteiger partial charge in [0, 0.05) is 31.3 Å². The number of aliphatic imine (C=N–C) groups is 2. The van der Waals surface area contributed by atoms with E-state index in [0.717, 1.165) is 5.01 Å². The zero-order valence-electron chi connectivity index (χ0n) is 17.0. The van der Waals surface area contributed by atoms with Crippen molar-refractivity contribution in [3.8, 4) is 0 Å². The first-order chi connectivity index (χ1) is 14.4. The number of nitrogens with zero attached hydrogens (tertiary/aromatic N) is 6. The molecule has 1 aromatic rings. The minimum absolute atomic E-state index is 0.169. The highest BCUT2D eigenvalue weighted by Gasteiger charge is 2.58. The monoisotopic (exact) mass is 430 g/mol. The van der Waals surface area contributed by atoms with E-state index < -0.39 is 17.6 Å². The van der Waals surface area contributed by atoms with Crippen molar-refractivity contribution in [1.82, 2.24) is 19.9 Å². The standard InChI is InChI=1S/C20H23ClN6O3/c1-3-9-20-16(23-17(24-20)13-7-8-14(21)22-12-13)18(29)27(19(30)25(20)10-4-2)26-11-5-6-15(26)28/h7-8,12H,3-6,9-11H2,1-2H3. The van der Waals surface area contributed by atoms with Crippen LogP contribution >= 0.6 is 11.6 Å². The molecule has 0 saturated carbocycles. The highest BCUT2D eigenvalue weighted by molar-refractivity contribution is 6.49. The van der Waals surface area contributed by atoms with Gasteiger partial charge in [0.2, 0.25) is 5.91 Å². The predicted octanol–water partition coefficient (Wildman–Crippen LogP) is 2.64. The Kier molecular flexibility index (Phi) is 5.31. The van der Waals surface area contributed by atoms with Gasteiger partial charge in [-0.05, 0) is 31.4 Å². The topological polar surface area (TPSA) is 98.5 Å². The van der Waals surface area contributed by atoms with E-state index in [9.17, 15) is 14.4 Å². The molecule has 0 radical (unpaired) electrons. The summed E-state index contributed by atoms with van der Waals surface area (Å²) in [5.74, 6) is -0.492. The molecule has 4 rings (SSSR count). The molecular weight excluding hydrogens is 408 g/mol. The van der Waals surface area contributed by atoms with Gasteiger partial charge < -0.3 is 0 Å². The maximum Gasteiger partial charge on any atom is 0.348 e. The van der Waals surface area contributed by atoms with Gasteiger partial charge in [0.05, 0.1) is 0 Å². The van der Waals surface area contributed by atoms with Crippen LogP contribution in [0.1, 0.15) is 51.5 Å². The number of aromatic nitrogens is 1. The number of halogens is 1. The molecule has 0 bridgehead atoms. The second kappa shape index (κ2) is 7.79. The van der Waals surface area contributed by atoms with E-state index in [2.05, 4.69) is 9.98 Å². The molecule has 158 valence electrons. The average Bonchev–Trinajstić information content (AvgIpc) is 3.31. The third-order valence-corrected chi connectivity index (χ3v) is 5.69. The Morgan fingerprint density at radius 1 is 1.17 bits per heavy atom. The van der Waals surface area contributed by atoms with E-state index in [4.69, 9.17) is 16.6 Å². The van der Waals surface area contributed by atoms with Crippen molar-refractivity contribution >= 4 is 41.0 Å². The number of carbonyl (C=O) groups excluding carboxylic acids is 3. The minimum atomic E-state index is -1.17. The van der Waals surface area contributed by atoms with Gasteiger partial charge in [0.1, 0.15) is 5.15 Å². The van der Waals surface area contributed by atoms with Crippen LogP contribution in [0.15, 0.2) is 28.3 Å². The van der Waals surface area contributed by atoms with Crippen molar-refractivity contribution in [2.75, 3.05) is 13.1 Å². The Labute approximate surface area is 179 Å². The number of hydrogen-bond donors (Lipinski definition) is 0. The van der Waals surface area contributed by atoms with Crippen LogP contribution in [0, 0.1) is 0 Å². The lowest BCUT2D eigenvalue weighted by Crippen LogP contribution is -2.71. The third kappa shape index (κ3) is 3.08. The molecule has 0 aliphatic carbocycles. The predicted molar refractivity (Wildman–Crippen MR) is 111 cm³/mol. The van der Waals surface area contributed by atoms with Crippen LogP contribution in [0.25, 0.3) is 0 Å². The molecule has 1 atom stereocenters. The average molecular weight is 431 g/mol. The van der Waals surface area contributed by atoms with Gasteiger partial charge in [-0.25, -0.2) is 24.8 Å². The number of amides is 4. The van der Waals surface area contributed by atoms with Gasteiger partial charge in [-0.1, -0.05) is 31.9 Å². The molecule has 3 aliphatic heterocycles. The number of hydrogen-bond acceptors (Lipinski definition) is 6. The van der Waals surface area contributed by atoms with Gasteiger partial charge in [0.15, 0.2) is 17.2 Å². The first-order valence-electron chi connectivity index (χ1n) is 10.2. The third-order valence-electron chi connectivity index (χ3n) is 5.46. The maximum atomic E-state index is 13.5. The van der Waals surface area contributed by atoms with Crippen LogP contribution in [-0.2, 0) is 9.59 Å². The van der Waals surface area contributed by atoms with Gasteiger partial charge >= 0.3 is 6.03 Å². The van der Waals surface area contributed by atoms with Crippen molar-refractivity contribution in [1.29, 1.82) is 0 Å². The van der Waals surface area contributed by atoms with Crippen molar-refractivity contribution in [2.24, 2.45) is 9.98 Å². The van der Waals surface area contributed by atoms with Crippen LogP contribution in [0.5, 0.6) is 0 Å². The number of fused-ring (bicyclic) bond motifs is 1. The zero-order chi connectivity index (χ0) is 21.5. The summed E-state index contributed by atoms with van der Waals surface area (Å²) >= 11 is 5.89. The number of carbonyl (C=O) groups is 3. The number of pyridine rings is 1. The zero-order valence-corrected chi connectivity index (χ0v) is 17.7. The molecule has 30 heavy (non-hydrogen) atoms. The van der Waals surface area contributed by atoms with E-state index in [1.54, 1.807) is 23.2 Å². The smallest absolute Gasteiger partial charge is 0.292 e. The molecule has 4 amide bonds. The minimum Gasteiger partial charge on any atom is -0.292 e. The van der Waals surface area contributed by atoms with Gasteiger partial charge in [-0.2, -0.15) is 5.01 Å². The Morgan fingerprint density at radius 2 is 1.97 bits per heavy atom. The molecule has 0 N–H and O–H groups in total. The van der Waals surface area contributed by atoms with Crippen molar-refractivity contribution < 1.29 is 14.4 Å².